The first-order valence-electron chi connectivity index (χ1n) is 7.61. The van der Waals surface area contributed by atoms with Gasteiger partial charge in [-0.05, 0) is 54.4 Å². The minimum atomic E-state index is 0.307. The predicted molar refractivity (Wildman–Crippen MR) is 91.2 cm³/mol. The minimum Gasteiger partial charge on any atom is -0.384 e. The second-order valence-electron chi connectivity index (χ2n) is 5.34. The zero-order chi connectivity index (χ0) is 15.1. The van der Waals surface area contributed by atoms with E-state index in [4.69, 9.17) is 4.74 Å². The fraction of sp³-hybridized carbons (Fsp3) is 0.444. The number of thiophene rings is 1. The molecule has 114 valence electrons. The molecular formula is C18H25NOS. The van der Waals surface area contributed by atoms with E-state index in [0.717, 1.165) is 26.0 Å². The Labute approximate surface area is 132 Å². The molecule has 21 heavy (non-hydrogen) atoms. The maximum absolute atomic E-state index is 5.14. The molecule has 0 bridgehead atoms. The summed E-state index contributed by atoms with van der Waals surface area (Å²) in [6, 6.07) is 11.4. The van der Waals surface area contributed by atoms with E-state index in [1.54, 1.807) is 7.11 Å². The molecule has 1 N–H and O–H groups in total. The van der Waals surface area contributed by atoms with Crippen molar-refractivity contribution in [3.8, 4) is 0 Å². The number of ether oxygens (including phenoxy) is 1. The minimum absolute atomic E-state index is 0.307. The summed E-state index contributed by atoms with van der Waals surface area (Å²) in [5.41, 5.74) is 4.05. The van der Waals surface area contributed by atoms with Crippen molar-refractivity contribution in [2.75, 3.05) is 20.3 Å². The molecule has 0 aliphatic carbocycles. The van der Waals surface area contributed by atoms with Crippen LogP contribution in [-0.2, 0) is 11.2 Å². The van der Waals surface area contributed by atoms with Crippen LogP contribution in [0.5, 0.6) is 0 Å². The van der Waals surface area contributed by atoms with E-state index >= 15 is 0 Å². The lowest BCUT2D eigenvalue weighted by atomic mass is 10.0. The lowest BCUT2D eigenvalue weighted by Crippen LogP contribution is -2.23. The molecule has 1 unspecified atom stereocenters. The first kappa shape index (κ1) is 16.2. The Kier molecular flexibility index (Phi) is 6.43. The summed E-state index contributed by atoms with van der Waals surface area (Å²) in [4.78, 5) is 1.42. The molecule has 2 nitrogen and oxygen atoms in total. The Morgan fingerprint density at radius 3 is 2.52 bits per heavy atom. The van der Waals surface area contributed by atoms with E-state index in [1.165, 1.54) is 21.6 Å². The Hall–Kier alpha value is -1.16. The number of nitrogens with one attached hydrogen (secondary N) is 1. The van der Waals surface area contributed by atoms with E-state index in [-0.39, 0.29) is 0 Å². The van der Waals surface area contributed by atoms with Gasteiger partial charge in [0.25, 0.3) is 0 Å². The zero-order valence-corrected chi connectivity index (χ0v) is 14.0. The zero-order valence-electron chi connectivity index (χ0n) is 13.2. The van der Waals surface area contributed by atoms with Crippen LogP contribution in [-0.4, -0.2) is 20.3 Å². The number of benzene rings is 1. The molecular weight excluding hydrogens is 278 g/mol. The number of hydrogen-bond acceptors (Lipinski definition) is 3. The van der Waals surface area contributed by atoms with Crippen molar-refractivity contribution in [1.82, 2.24) is 5.32 Å². The highest BCUT2D eigenvalue weighted by molar-refractivity contribution is 7.10. The van der Waals surface area contributed by atoms with Crippen LogP contribution in [0.3, 0.4) is 0 Å². The van der Waals surface area contributed by atoms with Gasteiger partial charge < -0.3 is 10.1 Å². The van der Waals surface area contributed by atoms with Gasteiger partial charge in [0.2, 0.25) is 0 Å². The SMILES string of the molecule is CCCNC(c1ccc(CCOC)cc1)c1sccc1C. The Morgan fingerprint density at radius 1 is 1.19 bits per heavy atom. The summed E-state index contributed by atoms with van der Waals surface area (Å²) in [7, 11) is 1.75. The van der Waals surface area contributed by atoms with Gasteiger partial charge in [-0.15, -0.1) is 11.3 Å². The van der Waals surface area contributed by atoms with Crippen LogP contribution in [0.4, 0.5) is 0 Å². The van der Waals surface area contributed by atoms with Gasteiger partial charge in [0, 0.05) is 12.0 Å². The normalized spacial score (nSPS) is 12.5. The maximum Gasteiger partial charge on any atom is 0.0673 e. The third-order valence-electron chi connectivity index (χ3n) is 3.67. The Morgan fingerprint density at radius 2 is 1.95 bits per heavy atom. The van der Waals surface area contributed by atoms with Gasteiger partial charge in [0.05, 0.1) is 12.6 Å². The van der Waals surface area contributed by atoms with Gasteiger partial charge in [-0.1, -0.05) is 31.2 Å². The van der Waals surface area contributed by atoms with Crippen molar-refractivity contribution >= 4 is 11.3 Å². The summed E-state index contributed by atoms with van der Waals surface area (Å²) in [5.74, 6) is 0. The number of aryl methyl sites for hydroxylation is 1. The van der Waals surface area contributed by atoms with Gasteiger partial charge in [-0.25, -0.2) is 0 Å². The highest BCUT2D eigenvalue weighted by Crippen LogP contribution is 2.29. The van der Waals surface area contributed by atoms with Gasteiger partial charge in [-0.2, -0.15) is 0 Å². The van der Waals surface area contributed by atoms with Crippen molar-refractivity contribution in [2.45, 2.75) is 32.7 Å². The number of hydrogen-bond donors (Lipinski definition) is 1. The topological polar surface area (TPSA) is 21.3 Å². The van der Waals surface area contributed by atoms with Gasteiger partial charge in [0.15, 0.2) is 0 Å². The standard InChI is InChI=1S/C18H25NOS/c1-4-11-19-17(18-14(2)10-13-21-18)16-7-5-15(6-8-16)9-12-20-3/h5-8,10,13,17,19H,4,9,11-12H2,1-3H3. The average Bonchev–Trinajstić information content (AvgIpc) is 2.93. The Balaban J connectivity index is 2.18. The average molecular weight is 303 g/mol. The first-order valence-corrected chi connectivity index (χ1v) is 8.49. The third-order valence-corrected chi connectivity index (χ3v) is 4.75. The molecule has 1 aromatic heterocycles. The summed E-state index contributed by atoms with van der Waals surface area (Å²) in [5, 5.41) is 5.86. The lowest BCUT2D eigenvalue weighted by molar-refractivity contribution is 0.202. The van der Waals surface area contributed by atoms with Crippen molar-refractivity contribution in [3.05, 3.63) is 57.3 Å². The molecule has 0 saturated heterocycles. The molecule has 1 aromatic carbocycles. The molecule has 0 radical (unpaired) electrons. The first-order chi connectivity index (χ1) is 10.3. The quantitative estimate of drug-likeness (QED) is 0.783. The smallest absolute Gasteiger partial charge is 0.0673 e. The molecule has 0 amide bonds. The molecule has 2 aromatic rings. The summed E-state index contributed by atoms with van der Waals surface area (Å²) in [6.07, 6.45) is 2.12. The van der Waals surface area contributed by atoms with E-state index in [0.29, 0.717) is 6.04 Å². The molecule has 0 spiro atoms. The molecule has 0 saturated carbocycles. The van der Waals surface area contributed by atoms with Crippen LogP contribution >= 0.6 is 11.3 Å². The van der Waals surface area contributed by atoms with Crippen molar-refractivity contribution in [1.29, 1.82) is 0 Å². The van der Waals surface area contributed by atoms with E-state index in [2.05, 4.69) is 54.9 Å². The van der Waals surface area contributed by atoms with Crippen LogP contribution in [0.25, 0.3) is 0 Å². The molecule has 0 aliphatic heterocycles. The molecule has 1 atom stereocenters. The molecule has 3 heteroatoms. The van der Waals surface area contributed by atoms with E-state index in [1.807, 2.05) is 11.3 Å². The summed E-state index contributed by atoms with van der Waals surface area (Å²) < 4.78 is 5.14. The molecule has 1 heterocycles. The van der Waals surface area contributed by atoms with Crippen molar-refractivity contribution in [2.24, 2.45) is 0 Å². The number of rotatable bonds is 8. The highest BCUT2D eigenvalue weighted by Gasteiger charge is 2.16. The van der Waals surface area contributed by atoms with E-state index in [9.17, 15) is 0 Å². The van der Waals surface area contributed by atoms with Crippen molar-refractivity contribution in [3.63, 3.8) is 0 Å². The molecule has 0 aliphatic rings. The fourth-order valence-corrected chi connectivity index (χ4v) is 3.46. The van der Waals surface area contributed by atoms with Crippen LogP contribution < -0.4 is 5.32 Å². The lowest BCUT2D eigenvalue weighted by Gasteiger charge is -2.19. The summed E-state index contributed by atoms with van der Waals surface area (Å²) >= 11 is 1.84. The Bertz CT molecular complexity index is 532. The second-order valence-corrected chi connectivity index (χ2v) is 6.29. The largest absolute Gasteiger partial charge is 0.384 e. The van der Waals surface area contributed by atoms with Gasteiger partial charge >= 0.3 is 0 Å². The predicted octanol–water partition coefficient (Wildman–Crippen LogP) is 4.33. The van der Waals surface area contributed by atoms with Gasteiger partial charge in [0.1, 0.15) is 0 Å². The maximum atomic E-state index is 5.14. The van der Waals surface area contributed by atoms with Crippen LogP contribution in [0.15, 0.2) is 35.7 Å². The third kappa shape index (κ3) is 4.40. The number of methoxy groups -OCH3 is 1. The van der Waals surface area contributed by atoms with Crippen LogP contribution in [0.2, 0.25) is 0 Å². The molecule has 0 fully saturated rings. The van der Waals surface area contributed by atoms with Crippen molar-refractivity contribution < 1.29 is 4.74 Å². The molecule has 2 rings (SSSR count). The summed E-state index contributed by atoms with van der Waals surface area (Å²) in [6.45, 7) is 6.22. The van der Waals surface area contributed by atoms with E-state index < -0.39 is 0 Å². The fourth-order valence-electron chi connectivity index (χ4n) is 2.43. The van der Waals surface area contributed by atoms with Crippen LogP contribution in [0.1, 0.15) is 41.0 Å². The monoisotopic (exact) mass is 303 g/mol. The highest BCUT2D eigenvalue weighted by atomic mass is 32.1. The second kappa shape index (κ2) is 8.32. The van der Waals surface area contributed by atoms with Crippen LogP contribution in [0, 0.1) is 6.92 Å². The van der Waals surface area contributed by atoms with Gasteiger partial charge in [-0.3, -0.25) is 0 Å².